The predicted octanol–water partition coefficient (Wildman–Crippen LogP) is 3.21. The van der Waals surface area contributed by atoms with Crippen LogP contribution in [-0.4, -0.2) is 34.2 Å². The first-order valence-corrected chi connectivity index (χ1v) is 9.18. The Morgan fingerprint density at radius 2 is 2.04 bits per heavy atom. The molecule has 128 valence electrons. The van der Waals surface area contributed by atoms with Crippen molar-refractivity contribution in [2.45, 2.75) is 36.4 Å². The van der Waals surface area contributed by atoms with Crippen LogP contribution in [0, 0.1) is 0 Å². The van der Waals surface area contributed by atoms with Crippen molar-refractivity contribution >= 4 is 39.8 Å². The van der Waals surface area contributed by atoms with E-state index in [1.54, 1.807) is 18.2 Å². The SMILES string of the molecule is CC(C)Nc1nnc(SC(C)C(=O)Nc2ccc3c(c2)OCO3)s1. The number of aromatic nitrogens is 2. The topological polar surface area (TPSA) is 85.4 Å². The third kappa shape index (κ3) is 4.09. The Hall–Kier alpha value is -2.00. The average molecular weight is 366 g/mol. The Balaban J connectivity index is 1.57. The monoisotopic (exact) mass is 366 g/mol. The number of thioether (sulfide) groups is 1. The molecule has 1 amide bonds. The number of nitrogens with zero attached hydrogens (tertiary/aromatic N) is 2. The molecule has 0 spiro atoms. The van der Waals surface area contributed by atoms with Crippen LogP contribution in [0.4, 0.5) is 10.8 Å². The second-order valence-electron chi connectivity index (χ2n) is 5.49. The molecule has 1 aromatic heterocycles. The third-order valence-electron chi connectivity index (χ3n) is 3.11. The fourth-order valence-corrected chi connectivity index (χ4v) is 4.03. The van der Waals surface area contributed by atoms with E-state index in [0.717, 1.165) is 9.47 Å². The molecule has 1 atom stereocenters. The molecule has 2 N–H and O–H groups in total. The number of carbonyl (C=O) groups excluding carboxylic acids is 1. The van der Waals surface area contributed by atoms with Gasteiger partial charge < -0.3 is 20.1 Å². The van der Waals surface area contributed by atoms with Gasteiger partial charge in [0.2, 0.25) is 17.8 Å². The normalized spacial score (nSPS) is 13.8. The van der Waals surface area contributed by atoms with Gasteiger partial charge in [-0.1, -0.05) is 23.1 Å². The van der Waals surface area contributed by atoms with Crippen LogP contribution in [0.5, 0.6) is 11.5 Å². The minimum Gasteiger partial charge on any atom is -0.454 e. The molecule has 1 unspecified atom stereocenters. The van der Waals surface area contributed by atoms with Crippen molar-refractivity contribution in [2.24, 2.45) is 0 Å². The summed E-state index contributed by atoms with van der Waals surface area (Å²) in [5.74, 6) is 1.23. The molecule has 1 aliphatic rings. The maximum absolute atomic E-state index is 12.3. The summed E-state index contributed by atoms with van der Waals surface area (Å²) >= 11 is 2.82. The number of anilines is 2. The Morgan fingerprint density at radius 1 is 1.25 bits per heavy atom. The molecule has 1 aliphatic heterocycles. The molecule has 2 heterocycles. The van der Waals surface area contributed by atoms with Crippen molar-refractivity contribution < 1.29 is 14.3 Å². The highest BCUT2D eigenvalue weighted by Gasteiger charge is 2.19. The van der Waals surface area contributed by atoms with Gasteiger partial charge in [0.25, 0.3) is 0 Å². The van der Waals surface area contributed by atoms with Crippen molar-refractivity contribution in [3.05, 3.63) is 18.2 Å². The molecule has 2 aromatic rings. The molecule has 1 aromatic carbocycles. The highest BCUT2D eigenvalue weighted by Crippen LogP contribution is 2.35. The minimum atomic E-state index is -0.296. The standard InChI is InChI=1S/C15H18N4O3S2/c1-8(2)16-14-18-19-15(24-14)23-9(3)13(20)17-10-4-5-11-12(6-10)22-7-21-11/h4-6,8-9H,7H2,1-3H3,(H,16,18)(H,17,20). The van der Waals surface area contributed by atoms with E-state index in [-0.39, 0.29) is 18.0 Å². The van der Waals surface area contributed by atoms with Gasteiger partial charge in [0, 0.05) is 17.8 Å². The molecule has 0 saturated heterocycles. The minimum absolute atomic E-state index is 0.104. The van der Waals surface area contributed by atoms with E-state index in [1.165, 1.54) is 23.1 Å². The lowest BCUT2D eigenvalue weighted by Gasteiger charge is -2.10. The molecule has 9 heteroatoms. The Labute approximate surface area is 148 Å². The van der Waals surface area contributed by atoms with Crippen LogP contribution in [0.1, 0.15) is 20.8 Å². The van der Waals surface area contributed by atoms with Crippen molar-refractivity contribution in [2.75, 3.05) is 17.4 Å². The second-order valence-corrected chi connectivity index (χ2v) is 8.05. The first-order valence-electron chi connectivity index (χ1n) is 7.48. The first-order chi connectivity index (χ1) is 11.5. The molecule has 24 heavy (non-hydrogen) atoms. The van der Waals surface area contributed by atoms with E-state index in [4.69, 9.17) is 9.47 Å². The summed E-state index contributed by atoms with van der Waals surface area (Å²) in [6.45, 7) is 6.12. The zero-order valence-corrected chi connectivity index (χ0v) is 15.2. The lowest BCUT2D eigenvalue weighted by Crippen LogP contribution is -2.22. The average Bonchev–Trinajstić information content (AvgIpc) is 3.15. The predicted molar refractivity (Wildman–Crippen MR) is 95.2 cm³/mol. The zero-order valence-electron chi connectivity index (χ0n) is 13.5. The van der Waals surface area contributed by atoms with Gasteiger partial charge in [-0.3, -0.25) is 4.79 Å². The lowest BCUT2D eigenvalue weighted by atomic mass is 10.2. The summed E-state index contributed by atoms with van der Waals surface area (Å²) < 4.78 is 11.3. The number of nitrogens with one attached hydrogen (secondary N) is 2. The zero-order chi connectivity index (χ0) is 17.1. The maximum atomic E-state index is 12.3. The van der Waals surface area contributed by atoms with E-state index in [2.05, 4.69) is 20.8 Å². The quantitative estimate of drug-likeness (QED) is 0.759. The maximum Gasteiger partial charge on any atom is 0.237 e. The fraction of sp³-hybridized carbons (Fsp3) is 0.400. The molecule has 0 aliphatic carbocycles. The van der Waals surface area contributed by atoms with Gasteiger partial charge >= 0.3 is 0 Å². The van der Waals surface area contributed by atoms with Crippen LogP contribution in [0.3, 0.4) is 0 Å². The van der Waals surface area contributed by atoms with Crippen LogP contribution >= 0.6 is 23.1 Å². The number of amides is 1. The van der Waals surface area contributed by atoms with Gasteiger partial charge in [-0.25, -0.2) is 0 Å². The van der Waals surface area contributed by atoms with E-state index in [0.29, 0.717) is 23.2 Å². The lowest BCUT2D eigenvalue weighted by molar-refractivity contribution is -0.115. The summed E-state index contributed by atoms with van der Waals surface area (Å²) in [6, 6.07) is 5.62. The van der Waals surface area contributed by atoms with Crippen molar-refractivity contribution in [1.29, 1.82) is 0 Å². The number of rotatable bonds is 6. The van der Waals surface area contributed by atoms with Crippen LogP contribution in [0.2, 0.25) is 0 Å². The molecule has 0 saturated carbocycles. The van der Waals surface area contributed by atoms with Gasteiger partial charge in [-0.15, -0.1) is 10.2 Å². The van der Waals surface area contributed by atoms with Gasteiger partial charge in [0.15, 0.2) is 15.8 Å². The number of hydrogen-bond donors (Lipinski definition) is 2. The number of ether oxygens (including phenoxy) is 2. The summed E-state index contributed by atoms with van der Waals surface area (Å²) in [4.78, 5) is 12.3. The molecule has 0 radical (unpaired) electrons. The summed E-state index contributed by atoms with van der Waals surface area (Å²) in [6.07, 6.45) is 0. The third-order valence-corrected chi connectivity index (χ3v) is 5.14. The highest BCUT2D eigenvalue weighted by molar-refractivity contribution is 8.02. The van der Waals surface area contributed by atoms with Crippen LogP contribution in [-0.2, 0) is 4.79 Å². The first kappa shape index (κ1) is 16.8. The largest absolute Gasteiger partial charge is 0.454 e. The van der Waals surface area contributed by atoms with Crippen molar-refractivity contribution in [3.8, 4) is 11.5 Å². The van der Waals surface area contributed by atoms with Gasteiger partial charge in [-0.05, 0) is 32.9 Å². The fourth-order valence-electron chi connectivity index (χ4n) is 1.99. The molecule has 3 rings (SSSR count). The number of fused-ring (bicyclic) bond motifs is 1. The van der Waals surface area contributed by atoms with Crippen molar-refractivity contribution in [1.82, 2.24) is 10.2 Å². The van der Waals surface area contributed by atoms with E-state index >= 15 is 0 Å². The van der Waals surface area contributed by atoms with E-state index in [9.17, 15) is 4.79 Å². The molecule has 0 fully saturated rings. The molecular weight excluding hydrogens is 348 g/mol. The molecule has 7 nitrogen and oxygen atoms in total. The Kier molecular flexibility index (Phi) is 5.10. The smallest absolute Gasteiger partial charge is 0.237 e. The summed E-state index contributed by atoms with van der Waals surface area (Å²) in [5, 5.41) is 14.7. The van der Waals surface area contributed by atoms with Crippen molar-refractivity contribution in [3.63, 3.8) is 0 Å². The van der Waals surface area contributed by atoms with Crippen LogP contribution < -0.4 is 20.1 Å². The molecular formula is C15H18N4O3S2. The Morgan fingerprint density at radius 3 is 2.83 bits per heavy atom. The Bertz CT molecular complexity index is 735. The summed E-state index contributed by atoms with van der Waals surface area (Å²) in [5.41, 5.74) is 0.677. The summed E-state index contributed by atoms with van der Waals surface area (Å²) in [7, 11) is 0. The number of hydrogen-bond acceptors (Lipinski definition) is 8. The second kappa shape index (κ2) is 7.27. The van der Waals surface area contributed by atoms with E-state index < -0.39 is 0 Å². The molecule has 0 bridgehead atoms. The van der Waals surface area contributed by atoms with Gasteiger partial charge in [0.1, 0.15) is 0 Å². The number of carbonyl (C=O) groups is 1. The van der Waals surface area contributed by atoms with Crippen LogP contribution in [0.15, 0.2) is 22.5 Å². The number of benzene rings is 1. The van der Waals surface area contributed by atoms with Gasteiger partial charge in [0.05, 0.1) is 5.25 Å². The highest BCUT2D eigenvalue weighted by atomic mass is 32.2. The van der Waals surface area contributed by atoms with Crippen LogP contribution in [0.25, 0.3) is 0 Å². The van der Waals surface area contributed by atoms with Gasteiger partial charge in [-0.2, -0.15) is 0 Å². The van der Waals surface area contributed by atoms with E-state index in [1.807, 2.05) is 20.8 Å².